The van der Waals surface area contributed by atoms with Crippen molar-refractivity contribution >= 4 is 45.2 Å². The van der Waals surface area contributed by atoms with Crippen molar-refractivity contribution in [3.05, 3.63) is 60.2 Å². The number of Topliss-reactive ketones (excluding diaryl/α,β-unsaturated/α-hetero) is 1. The average Bonchev–Trinajstić information content (AvgIpc) is 3.19. The third-order valence-corrected chi connectivity index (χ3v) is 5.13. The molecule has 134 valence electrons. The van der Waals surface area contributed by atoms with Crippen LogP contribution in [0.25, 0.3) is 10.9 Å². The van der Waals surface area contributed by atoms with E-state index in [9.17, 15) is 14.7 Å². The molecule has 0 unspecified atom stereocenters. The summed E-state index contributed by atoms with van der Waals surface area (Å²) in [6.45, 7) is 0. The van der Waals surface area contributed by atoms with Crippen LogP contribution < -0.4 is 0 Å². The van der Waals surface area contributed by atoms with Crippen LogP contribution in [0.15, 0.2) is 69.8 Å². The van der Waals surface area contributed by atoms with Gasteiger partial charge in [0.25, 0.3) is 5.91 Å². The molecule has 4 rings (SSSR count). The fraction of sp³-hybridized carbons (Fsp3) is 0.105. The summed E-state index contributed by atoms with van der Waals surface area (Å²) in [6.07, 6.45) is 0.0500. The Morgan fingerprint density at radius 3 is 2.67 bits per heavy atom. The van der Waals surface area contributed by atoms with Gasteiger partial charge in [-0.15, -0.1) is 10.2 Å². The number of hydrogen-bond acceptors (Lipinski definition) is 6. The molecule has 1 aliphatic rings. The summed E-state index contributed by atoms with van der Waals surface area (Å²) in [5.41, 5.74) is 1.57. The number of amidine groups is 1. The zero-order valence-electron chi connectivity index (χ0n) is 14.0. The van der Waals surface area contributed by atoms with Crippen LogP contribution in [0.3, 0.4) is 0 Å². The van der Waals surface area contributed by atoms with Gasteiger partial charge in [0.1, 0.15) is 5.25 Å². The van der Waals surface area contributed by atoms with Crippen LogP contribution in [0.4, 0.5) is 5.69 Å². The molecule has 0 bridgehead atoms. The Morgan fingerprint density at radius 1 is 1.11 bits per heavy atom. The average molecular weight is 378 g/mol. The molecule has 3 aromatic rings. The van der Waals surface area contributed by atoms with E-state index in [1.54, 1.807) is 30.3 Å². The third kappa shape index (κ3) is 3.52. The molecule has 1 atom stereocenters. The summed E-state index contributed by atoms with van der Waals surface area (Å²) >= 11 is 1.10. The van der Waals surface area contributed by atoms with Crippen LogP contribution in [0.5, 0.6) is 5.88 Å². The molecule has 0 aliphatic carbocycles. The monoisotopic (exact) mass is 378 g/mol. The van der Waals surface area contributed by atoms with Crippen LogP contribution >= 0.6 is 11.8 Å². The Bertz CT molecular complexity index is 1090. The molecule has 8 heteroatoms. The molecule has 1 aliphatic heterocycles. The number of aliphatic imine (C=N–C) groups is 1. The van der Waals surface area contributed by atoms with Gasteiger partial charge >= 0.3 is 0 Å². The second-order valence-corrected chi connectivity index (χ2v) is 7.07. The Balaban J connectivity index is 1.47. The highest BCUT2D eigenvalue weighted by Gasteiger charge is 2.31. The number of nitrogens with one attached hydrogen (secondary N) is 1. The van der Waals surface area contributed by atoms with Gasteiger partial charge in [0.05, 0.1) is 5.52 Å². The zero-order valence-corrected chi connectivity index (χ0v) is 14.8. The minimum absolute atomic E-state index is 0.0500. The van der Waals surface area contributed by atoms with Crippen molar-refractivity contribution in [2.24, 2.45) is 15.2 Å². The van der Waals surface area contributed by atoms with Crippen molar-refractivity contribution in [3.8, 4) is 5.88 Å². The zero-order chi connectivity index (χ0) is 18.8. The van der Waals surface area contributed by atoms with Gasteiger partial charge in [0, 0.05) is 17.4 Å². The Labute approximate surface area is 158 Å². The molecular formula is C19H14N4O3S. The van der Waals surface area contributed by atoms with E-state index in [1.165, 1.54) is 0 Å². The topological polar surface area (TPSA) is 107 Å². The highest BCUT2D eigenvalue weighted by Crippen LogP contribution is 2.36. The van der Waals surface area contributed by atoms with E-state index in [-0.39, 0.29) is 28.9 Å². The third-order valence-electron chi connectivity index (χ3n) is 4.09. The molecular weight excluding hydrogens is 364 g/mol. The SMILES string of the molecule is O=C(C[C@@H]1SC(N=Nc2c(O)[nH]c3ccccc23)=NC1=O)c1ccccc1. The fourth-order valence-corrected chi connectivity index (χ4v) is 3.64. The van der Waals surface area contributed by atoms with Gasteiger partial charge in [0.2, 0.25) is 11.0 Å². The maximum Gasteiger partial charge on any atom is 0.262 e. The summed E-state index contributed by atoms with van der Waals surface area (Å²) < 4.78 is 0. The van der Waals surface area contributed by atoms with Crippen LogP contribution in [-0.4, -0.2) is 32.2 Å². The highest BCUT2D eigenvalue weighted by atomic mass is 32.2. The molecule has 1 aromatic heterocycles. The molecule has 0 saturated heterocycles. The van der Waals surface area contributed by atoms with Crippen molar-refractivity contribution in [2.75, 3.05) is 0 Å². The maximum atomic E-state index is 12.3. The number of aromatic hydroxyl groups is 1. The first-order valence-electron chi connectivity index (χ1n) is 8.20. The lowest BCUT2D eigenvalue weighted by molar-refractivity contribution is -0.117. The van der Waals surface area contributed by atoms with Gasteiger partial charge in [-0.2, -0.15) is 4.99 Å². The number of amides is 1. The smallest absolute Gasteiger partial charge is 0.262 e. The number of fused-ring (bicyclic) bond motifs is 1. The lowest BCUT2D eigenvalue weighted by Gasteiger charge is -2.04. The predicted molar refractivity (Wildman–Crippen MR) is 104 cm³/mol. The molecule has 2 N–H and O–H groups in total. The summed E-state index contributed by atoms with van der Waals surface area (Å²) in [7, 11) is 0. The number of azo groups is 1. The highest BCUT2D eigenvalue weighted by molar-refractivity contribution is 8.15. The minimum atomic E-state index is -0.608. The largest absolute Gasteiger partial charge is 0.493 e. The first-order valence-corrected chi connectivity index (χ1v) is 9.08. The second kappa shape index (κ2) is 7.16. The lowest BCUT2D eigenvalue weighted by atomic mass is 10.1. The molecule has 27 heavy (non-hydrogen) atoms. The first-order chi connectivity index (χ1) is 13.1. The van der Waals surface area contributed by atoms with E-state index < -0.39 is 11.2 Å². The van der Waals surface area contributed by atoms with E-state index in [0.29, 0.717) is 10.9 Å². The summed E-state index contributed by atoms with van der Waals surface area (Å²) in [4.78, 5) is 31.0. The van der Waals surface area contributed by atoms with Crippen LogP contribution in [0.1, 0.15) is 16.8 Å². The summed E-state index contributed by atoms with van der Waals surface area (Å²) in [5.74, 6) is -0.629. The number of aromatic amines is 1. The number of ketones is 1. The Morgan fingerprint density at radius 2 is 1.85 bits per heavy atom. The molecule has 7 nitrogen and oxygen atoms in total. The molecule has 0 fully saturated rings. The number of benzene rings is 2. The van der Waals surface area contributed by atoms with E-state index in [4.69, 9.17) is 0 Å². The number of aromatic nitrogens is 1. The fourth-order valence-electron chi connectivity index (χ4n) is 2.76. The van der Waals surface area contributed by atoms with Crippen LogP contribution in [-0.2, 0) is 4.79 Å². The Kier molecular flexibility index (Phi) is 4.55. The standard InChI is InChI=1S/C19H14N4O3S/c24-14(11-6-2-1-3-7-11)10-15-17(25)21-19(27-15)23-22-16-12-8-4-5-9-13(12)20-18(16)26/h1-9,15,20,26H,10H2/t15-/m0/s1. The normalized spacial score (nSPS) is 17.0. The van der Waals surface area contributed by atoms with Crippen LogP contribution in [0.2, 0.25) is 0 Å². The van der Waals surface area contributed by atoms with Gasteiger partial charge in [-0.3, -0.25) is 9.59 Å². The van der Waals surface area contributed by atoms with E-state index in [2.05, 4.69) is 20.2 Å². The first kappa shape index (κ1) is 17.2. The lowest BCUT2D eigenvalue weighted by Crippen LogP contribution is -2.16. The number of thioether (sulfide) groups is 1. The molecule has 2 aromatic carbocycles. The van der Waals surface area contributed by atoms with Gasteiger partial charge < -0.3 is 10.1 Å². The van der Waals surface area contributed by atoms with E-state index in [1.807, 2.05) is 24.3 Å². The van der Waals surface area contributed by atoms with E-state index >= 15 is 0 Å². The molecule has 1 amide bonds. The van der Waals surface area contributed by atoms with Crippen LogP contribution in [0, 0.1) is 0 Å². The summed E-state index contributed by atoms with van der Waals surface area (Å²) in [6, 6.07) is 16.1. The number of carbonyl (C=O) groups excluding carboxylic acids is 2. The van der Waals surface area contributed by atoms with Gasteiger partial charge in [-0.25, -0.2) is 0 Å². The molecule has 0 spiro atoms. The number of carbonyl (C=O) groups is 2. The van der Waals surface area contributed by atoms with Crippen molar-refractivity contribution in [2.45, 2.75) is 11.7 Å². The van der Waals surface area contributed by atoms with Gasteiger partial charge in [-0.05, 0) is 6.07 Å². The minimum Gasteiger partial charge on any atom is -0.493 e. The Hall–Kier alpha value is -3.26. The molecule has 0 saturated carbocycles. The van der Waals surface area contributed by atoms with Crippen molar-refractivity contribution < 1.29 is 14.7 Å². The van der Waals surface area contributed by atoms with Crippen molar-refractivity contribution in [1.29, 1.82) is 0 Å². The molecule has 2 heterocycles. The molecule has 0 radical (unpaired) electrons. The van der Waals surface area contributed by atoms with Crippen molar-refractivity contribution in [1.82, 2.24) is 4.98 Å². The van der Waals surface area contributed by atoms with Crippen molar-refractivity contribution in [3.63, 3.8) is 0 Å². The number of para-hydroxylation sites is 1. The quantitative estimate of drug-likeness (QED) is 0.523. The number of rotatable bonds is 4. The number of hydrogen-bond donors (Lipinski definition) is 2. The van der Waals surface area contributed by atoms with E-state index in [0.717, 1.165) is 17.3 Å². The summed E-state index contributed by atoms with van der Waals surface area (Å²) in [5, 5.41) is 18.3. The predicted octanol–water partition coefficient (Wildman–Crippen LogP) is 4.23. The number of nitrogens with zero attached hydrogens (tertiary/aromatic N) is 3. The maximum absolute atomic E-state index is 12.3. The van der Waals surface area contributed by atoms with Gasteiger partial charge in [-0.1, -0.05) is 60.3 Å². The second-order valence-electron chi connectivity index (χ2n) is 5.90. The number of H-pyrrole nitrogens is 1. The van der Waals surface area contributed by atoms with Gasteiger partial charge in [0.15, 0.2) is 11.5 Å².